The van der Waals surface area contributed by atoms with Gasteiger partial charge in [-0.2, -0.15) is 0 Å². The fourth-order valence-corrected chi connectivity index (χ4v) is 2.66. The number of amides is 2. The van der Waals surface area contributed by atoms with Crippen LogP contribution >= 0.6 is 0 Å². The topological polar surface area (TPSA) is 61.9 Å². The van der Waals surface area contributed by atoms with Gasteiger partial charge in [-0.25, -0.2) is 0 Å². The summed E-state index contributed by atoms with van der Waals surface area (Å²) < 4.78 is 4.88. The number of nitrogens with one attached hydrogen (secondary N) is 1. The number of nitrogens with zero attached hydrogens (tertiary/aromatic N) is 2. The largest absolute Gasteiger partial charge is 0.375 e. The van der Waals surface area contributed by atoms with E-state index in [1.807, 2.05) is 9.80 Å². The molecule has 6 nitrogen and oxygen atoms in total. The lowest BCUT2D eigenvalue weighted by atomic mass is 10.0. The normalized spacial score (nSPS) is 25.4. The molecule has 2 aliphatic rings. The average molecular weight is 255 g/mol. The van der Waals surface area contributed by atoms with Crippen LogP contribution in [0.15, 0.2) is 0 Å². The standard InChI is InChI=1S/C12H21N3O3/c1-18-9-12(17)14-5-2-3-10(8-14)15-6-4-13-7-11(15)16/h10,13H,2-9H2,1H3. The number of ether oxygens (including phenoxy) is 1. The average Bonchev–Trinajstić information content (AvgIpc) is 2.40. The van der Waals surface area contributed by atoms with Gasteiger partial charge in [0.05, 0.1) is 6.54 Å². The van der Waals surface area contributed by atoms with E-state index in [9.17, 15) is 9.59 Å². The maximum atomic E-state index is 11.8. The molecule has 0 aliphatic carbocycles. The SMILES string of the molecule is COCC(=O)N1CCCC(N2CCNCC2=O)C1. The van der Waals surface area contributed by atoms with Crippen LogP contribution in [0.4, 0.5) is 0 Å². The van der Waals surface area contributed by atoms with Crippen molar-refractivity contribution in [3.8, 4) is 0 Å². The van der Waals surface area contributed by atoms with Crippen LogP contribution in [-0.2, 0) is 14.3 Å². The van der Waals surface area contributed by atoms with E-state index < -0.39 is 0 Å². The molecule has 1 N–H and O–H groups in total. The molecule has 0 aromatic carbocycles. The Morgan fingerprint density at radius 1 is 1.50 bits per heavy atom. The maximum absolute atomic E-state index is 11.8. The number of piperidine rings is 1. The van der Waals surface area contributed by atoms with Crippen LogP contribution in [0.1, 0.15) is 12.8 Å². The molecule has 0 aromatic rings. The summed E-state index contributed by atoms with van der Waals surface area (Å²) in [6, 6.07) is 0.175. The zero-order chi connectivity index (χ0) is 13.0. The van der Waals surface area contributed by atoms with Crippen molar-refractivity contribution in [1.29, 1.82) is 0 Å². The van der Waals surface area contributed by atoms with Gasteiger partial charge < -0.3 is 19.9 Å². The minimum atomic E-state index is 0.0183. The second kappa shape index (κ2) is 6.15. The van der Waals surface area contributed by atoms with Gasteiger partial charge in [0, 0.05) is 39.3 Å². The summed E-state index contributed by atoms with van der Waals surface area (Å²) in [5, 5.41) is 3.07. The predicted molar refractivity (Wildman–Crippen MR) is 66.1 cm³/mol. The van der Waals surface area contributed by atoms with Crippen LogP contribution in [0.3, 0.4) is 0 Å². The Kier molecular flexibility index (Phi) is 4.54. The summed E-state index contributed by atoms with van der Waals surface area (Å²) in [6.45, 7) is 3.56. The van der Waals surface area contributed by atoms with Crippen molar-refractivity contribution in [1.82, 2.24) is 15.1 Å². The molecule has 0 radical (unpaired) electrons. The summed E-state index contributed by atoms with van der Waals surface area (Å²) in [6.07, 6.45) is 1.94. The van der Waals surface area contributed by atoms with Crippen LogP contribution in [0, 0.1) is 0 Å². The zero-order valence-corrected chi connectivity index (χ0v) is 10.9. The van der Waals surface area contributed by atoms with Crippen LogP contribution in [0.25, 0.3) is 0 Å². The number of carbonyl (C=O) groups is 2. The smallest absolute Gasteiger partial charge is 0.248 e. The Bertz CT molecular complexity index is 322. The van der Waals surface area contributed by atoms with Gasteiger partial charge in [-0.15, -0.1) is 0 Å². The van der Waals surface area contributed by atoms with Crippen molar-refractivity contribution >= 4 is 11.8 Å². The lowest BCUT2D eigenvalue weighted by Crippen LogP contribution is -2.57. The molecule has 2 fully saturated rings. The first kappa shape index (κ1) is 13.3. The number of rotatable bonds is 3. The fourth-order valence-electron chi connectivity index (χ4n) is 2.66. The Balaban J connectivity index is 1.93. The van der Waals surface area contributed by atoms with Crippen molar-refractivity contribution in [2.75, 3.05) is 46.4 Å². The van der Waals surface area contributed by atoms with E-state index in [2.05, 4.69) is 5.32 Å². The van der Waals surface area contributed by atoms with Gasteiger partial charge in [0.1, 0.15) is 6.61 Å². The first-order chi connectivity index (χ1) is 8.72. The first-order valence-electron chi connectivity index (χ1n) is 6.49. The molecule has 1 atom stereocenters. The van der Waals surface area contributed by atoms with E-state index in [0.717, 1.165) is 32.5 Å². The highest BCUT2D eigenvalue weighted by Crippen LogP contribution is 2.17. The maximum Gasteiger partial charge on any atom is 0.248 e. The molecule has 102 valence electrons. The van der Waals surface area contributed by atoms with Crippen molar-refractivity contribution < 1.29 is 14.3 Å². The molecule has 6 heteroatoms. The van der Waals surface area contributed by atoms with Crippen LogP contribution < -0.4 is 5.32 Å². The molecule has 2 amide bonds. The number of carbonyl (C=O) groups excluding carboxylic acids is 2. The van der Waals surface area contributed by atoms with E-state index in [1.54, 1.807) is 0 Å². The Hall–Kier alpha value is -1.14. The summed E-state index contributed by atoms with van der Waals surface area (Å²) in [7, 11) is 1.53. The molecule has 0 saturated carbocycles. The van der Waals surface area contributed by atoms with Crippen LogP contribution in [-0.4, -0.2) is 74.1 Å². The summed E-state index contributed by atoms with van der Waals surface area (Å²) >= 11 is 0. The minimum Gasteiger partial charge on any atom is -0.375 e. The Morgan fingerprint density at radius 2 is 2.33 bits per heavy atom. The second-order valence-corrected chi connectivity index (χ2v) is 4.83. The third-order valence-corrected chi connectivity index (χ3v) is 3.58. The highest BCUT2D eigenvalue weighted by Gasteiger charge is 2.31. The Morgan fingerprint density at radius 3 is 3.06 bits per heavy atom. The molecule has 0 spiro atoms. The molecule has 0 bridgehead atoms. The third kappa shape index (κ3) is 3.00. The van der Waals surface area contributed by atoms with Gasteiger partial charge in [0.15, 0.2) is 0 Å². The van der Waals surface area contributed by atoms with Gasteiger partial charge in [0.25, 0.3) is 0 Å². The number of likely N-dealkylation sites (tertiary alicyclic amines) is 1. The van der Waals surface area contributed by atoms with Crippen molar-refractivity contribution in [2.24, 2.45) is 0 Å². The number of hydrogen-bond acceptors (Lipinski definition) is 4. The van der Waals surface area contributed by atoms with Crippen LogP contribution in [0.2, 0.25) is 0 Å². The molecular weight excluding hydrogens is 234 g/mol. The minimum absolute atomic E-state index is 0.0183. The molecule has 2 saturated heterocycles. The molecule has 2 heterocycles. The lowest BCUT2D eigenvalue weighted by molar-refractivity contribution is -0.142. The molecule has 0 aromatic heterocycles. The van der Waals surface area contributed by atoms with E-state index >= 15 is 0 Å². The number of piperazine rings is 1. The molecule has 1 unspecified atom stereocenters. The Labute approximate surface area is 107 Å². The van der Waals surface area contributed by atoms with E-state index in [0.29, 0.717) is 13.1 Å². The molecule has 18 heavy (non-hydrogen) atoms. The van der Waals surface area contributed by atoms with Gasteiger partial charge in [0.2, 0.25) is 11.8 Å². The first-order valence-corrected chi connectivity index (χ1v) is 6.49. The summed E-state index contributed by atoms with van der Waals surface area (Å²) in [5.74, 6) is 0.164. The van der Waals surface area contributed by atoms with Gasteiger partial charge in [-0.05, 0) is 12.8 Å². The summed E-state index contributed by atoms with van der Waals surface area (Å²) in [4.78, 5) is 27.4. The van der Waals surface area contributed by atoms with Gasteiger partial charge in [-0.1, -0.05) is 0 Å². The highest BCUT2D eigenvalue weighted by molar-refractivity contribution is 5.80. The fraction of sp³-hybridized carbons (Fsp3) is 0.833. The third-order valence-electron chi connectivity index (χ3n) is 3.58. The molecule has 2 rings (SSSR count). The number of hydrogen-bond donors (Lipinski definition) is 1. The summed E-state index contributed by atoms with van der Waals surface area (Å²) in [5.41, 5.74) is 0. The quantitative estimate of drug-likeness (QED) is 0.707. The van der Waals surface area contributed by atoms with E-state index in [4.69, 9.17) is 4.74 Å². The molecular formula is C12H21N3O3. The van der Waals surface area contributed by atoms with Crippen LogP contribution in [0.5, 0.6) is 0 Å². The van der Waals surface area contributed by atoms with E-state index in [1.165, 1.54) is 7.11 Å². The van der Waals surface area contributed by atoms with Gasteiger partial charge >= 0.3 is 0 Å². The van der Waals surface area contributed by atoms with Crippen molar-refractivity contribution in [3.05, 3.63) is 0 Å². The molecule has 2 aliphatic heterocycles. The van der Waals surface area contributed by atoms with Crippen molar-refractivity contribution in [3.63, 3.8) is 0 Å². The monoisotopic (exact) mass is 255 g/mol. The lowest BCUT2D eigenvalue weighted by Gasteiger charge is -2.41. The van der Waals surface area contributed by atoms with Crippen molar-refractivity contribution in [2.45, 2.75) is 18.9 Å². The second-order valence-electron chi connectivity index (χ2n) is 4.83. The number of methoxy groups -OCH3 is 1. The zero-order valence-electron chi connectivity index (χ0n) is 10.9. The van der Waals surface area contributed by atoms with Gasteiger partial charge in [-0.3, -0.25) is 9.59 Å². The van der Waals surface area contributed by atoms with E-state index in [-0.39, 0.29) is 24.5 Å². The predicted octanol–water partition coefficient (Wildman–Crippen LogP) is -0.944. The highest BCUT2D eigenvalue weighted by atomic mass is 16.5.